The van der Waals surface area contributed by atoms with E-state index in [2.05, 4.69) is 22.0 Å². The zero-order chi connectivity index (χ0) is 10.8. The second-order valence-electron chi connectivity index (χ2n) is 2.39. The highest BCUT2D eigenvalue weighted by molar-refractivity contribution is 9.10. The maximum atomic E-state index is 11.8. The fourth-order valence-corrected chi connectivity index (χ4v) is 1.10. The molecule has 1 radical (unpaired) electrons. The molecule has 0 fully saturated rings. The Kier molecular flexibility index (Phi) is 3.15. The number of amides is 1. The van der Waals surface area contributed by atoms with Gasteiger partial charge in [0.05, 0.1) is 0 Å². The van der Waals surface area contributed by atoms with E-state index >= 15 is 0 Å². The first-order chi connectivity index (χ1) is 6.39. The summed E-state index contributed by atoms with van der Waals surface area (Å²) in [5.74, 6) is -2.00. The fourth-order valence-electron chi connectivity index (χ4n) is 0.717. The average molecular weight is 267 g/mol. The lowest BCUT2D eigenvalue weighted by Crippen LogP contribution is -2.29. The van der Waals surface area contributed by atoms with Gasteiger partial charge in [-0.25, -0.2) is 0 Å². The molecular weight excluding hydrogens is 263 g/mol. The number of benzene rings is 1. The summed E-state index contributed by atoms with van der Waals surface area (Å²) in [7, 11) is 0. The van der Waals surface area contributed by atoms with Crippen molar-refractivity contribution in [3.8, 4) is 0 Å². The number of halogens is 4. The first kappa shape index (κ1) is 11.0. The molecule has 0 atom stereocenters. The van der Waals surface area contributed by atoms with Crippen LogP contribution in [0.25, 0.3) is 0 Å². The lowest BCUT2D eigenvalue weighted by Gasteiger charge is -2.07. The number of rotatable bonds is 1. The SMILES string of the molecule is O=C(Nc1c[c]cc(Br)c1)C(F)(F)F. The molecule has 1 amide bonds. The van der Waals surface area contributed by atoms with Crippen LogP contribution in [0.4, 0.5) is 18.9 Å². The molecule has 0 aliphatic heterocycles. The monoisotopic (exact) mass is 266 g/mol. The molecule has 6 heteroatoms. The van der Waals surface area contributed by atoms with Gasteiger partial charge in [-0.2, -0.15) is 13.2 Å². The van der Waals surface area contributed by atoms with Crippen molar-refractivity contribution in [2.45, 2.75) is 6.18 Å². The lowest BCUT2D eigenvalue weighted by molar-refractivity contribution is -0.167. The number of hydrogen-bond acceptors (Lipinski definition) is 1. The molecule has 2 nitrogen and oxygen atoms in total. The molecule has 0 spiro atoms. The molecule has 0 aromatic heterocycles. The predicted octanol–water partition coefficient (Wildman–Crippen LogP) is 2.75. The Morgan fingerprint density at radius 2 is 2.07 bits per heavy atom. The molecule has 0 aliphatic carbocycles. The van der Waals surface area contributed by atoms with Crippen LogP contribution in [0.3, 0.4) is 0 Å². The Bertz CT molecular complexity index is 351. The van der Waals surface area contributed by atoms with Crippen molar-refractivity contribution in [2.75, 3.05) is 5.32 Å². The van der Waals surface area contributed by atoms with Crippen molar-refractivity contribution >= 4 is 27.5 Å². The van der Waals surface area contributed by atoms with E-state index in [1.807, 2.05) is 0 Å². The second kappa shape index (κ2) is 4.00. The lowest BCUT2D eigenvalue weighted by atomic mass is 10.3. The molecule has 0 bridgehead atoms. The normalized spacial score (nSPS) is 11.1. The summed E-state index contributed by atoms with van der Waals surface area (Å²) in [6, 6.07) is 6.67. The summed E-state index contributed by atoms with van der Waals surface area (Å²) in [6.07, 6.45) is -4.87. The summed E-state index contributed by atoms with van der Waals surface area (Å²) in [6.45, 7) is 0. The highest BCUT2D eigenvalue weighted by atomic mass is 79.9. The van der Waals surface area contributed by atoms with Crippen LogP contribution in [-0.4, -0.2) is 12.1 Å². The Labute approximate surface area is 86.2 Å². The van der Waals surface area contributed by atoms with E-state index in [0.717, 1.165) is 0 Å². The van der Waals surface area contributed by atoms with E-state index in [1.54, 1.807) is 5.32 Å². The van der Waals surface area contributed by atoms with Gasteiger partial charge >= 0.3 is 12.1 Å². The summed E-state index contributed by atoms with van der Waals surface area (Å²) >= 11 is 3.04. The van der Waals surface area contributed by atoms with Gasteiger partial charge in [0, 0.05) is 10.2 Å². The van der Waals surface area contributed by atoms with Crippen molar-refractivity contribution in [3.63, 3.8) is 0 Å². The van der Waals surface area contributed by atoms with E-state index in [9.17, 15) is 18.0 Å². The van der Waals surface area contributed by atoms with Gasteiger partial charge in [-0.15, -0.1) is 0 Å². The quantitative estimate of drug-likeness (QED) is 0.832. The van der Waals surface area contributed by atoms with Crippen LogP contribution < -0.4 is 5.32 Å². The molecule has 0 unspecified atom stereocenters. The van der Waals surface area contributed by atoms with Crippen molar-refractivity contribution in [1.82, 2.24) is 0 Å². The maximum Gasteiger partial charge on any atom is 0.471 e. The molecule has 14 heavy (non-hydrogen) atoms. The van der Waals surface area contributed by atoms with E-state index in [4.69, 9.17) is 0 Å². The molecule has 1 rings (SSSR count). The molecule has 1 aromatic carbocycles. The van der Waals surface area contributed by atoms with E-state index in [0.29, 0.717) is 4.47 Å². The van der Waals surface area contributed by atoms with Crippen molar-refractivity contribution in [3.05, 3.63) is 28.7 Å². The third-order valence-corrected chi connectivity index (χ3v) is 1.73. The fraction of sp³-hybridized carbons (Fsp3) is 0.125. The van der Waals surface area contributed by atoms with Crippen LogP contribution in [0.5, 0.6) is 0 Å². The second-order valence-corrected chi connectivity index (χ2v) is 3.31. The minimum absolute atomic E-state index is 0.0432. The molecular formula is C8H4BrF3NO. The van der Waals surface area contributed by atoms with Crippen LogP contribution in [0.1, 0.15) is 0 Å². The zero-order valence-corrected chi connectivity index (χ0v) is 8.24. The van der Waals surface area contributed by atoms with Crippen LogP contribution in [0, 0.1) is 6.07 Å². The van der Waals surface area contributed by atoms with E-state index < -0.39 is 12.1 Å². The Morgan fingerprint density at radius 3 is 2.57 bits per heavy atom. The molecule has 0 saturated heterocycles. The predicted molar refractivity (Wildman–Crippen MR) is 47.7 cm³/mol. The van der Waals surface area contributed by atoms with Gasteiger partial charge in [0.2, 0.25) is 0 Å². The smallest absolute Gasteiger partial charge is 0.318 e. The number of hydrogen-bond donors (Lipinski definition) is 1. The Hall–Kier alpha value is -1.04. The average Bonchev–Trinajstić information content (AvgIpc) is 2.02. The van der Waals surface area contributed by atoms with E-state index in [1.165, 1.54) is 18.2 Å². The number of nitrogens with one attached hydrogen (secondary N) is 1. The summed E-state index contributed by atoms with van der Waals surface area (Å²) in [5.41, 5.74) is 0.0432. The first-order valence-corrected chi connectivity index (χ1v) is 4.24. The molecule has 0 saturated carbocycles. The Morgan fingerprint density at radius 1 is 1.43 bits per heavy atom. The summed E-state index contributed by atoms with van der Waals surface area (Å²) in [5, 5.41) is 1.70. The van der Waals surface area contributed by atoms with Crippen LogP contribution in [0.15, 0.2) is 22.7 Å². The third kappa shape index (κ3) is 3.02. The van der Waals surface area contributed by atoms with Gasteiger partial charge in [0.1, 0.15) is 0 Å². The Balaban J connectivity index is 2.75. The van der Waals surface area contributed by atoms with Crippen molar-refractivity contribution < 1.29 is 18.0 Å². The molecule has 1 aromatic rings. The highest BCUT2D eigenvalue weighted by Crippen LogP contribution is 2.20. The topological polar surface area (TPSA) is 29.1 Å². The van der Waals surface area contributed by atoms with Gasteiger partial charge in [0.15, 0.2) is 0 Å². The summed E-state index contributed by atoms with van der Waals surface area (Å²) < 4.78 is 35.9. The molecule has 75 valence electrons. The number of carbonyl (C=O) groups excluding carboxylic acids is 1. The molecule has 0 heterocycles. The number of anilines is 1. The molecule has 1 N–H and O–H groups in total. The maximum absolute atomic E-state index is 11.8. The van der Waals surface area contributed by atoms with Gasteiger partial charge in [-0.1, -0.05) is 15.9 Å². The minimum atomic E-state index is -4.87. The molecule has 0 aliphatic rings. The van der Waals surface area contributed by atoms with Gasteiger partial charge < -0.3 is 5.32 Å². The van der Waals surface area contributed by atoms with Crippen molar-refractivity contribution in [1.29, 1.82) is 0 Å². The third-order valence-electron chi connectivity index (χ3n) is 1.27. The first-order valence-electron chi connectivity index (χ1n) is 3.44. The highest BCUT2D eigenvalue weighted by Gasteiger charge is 2.38. The number of carbonyl (C=O) groups is 1. The summed E-state index contributed by atoms with van der Waals surface area (Å²) in [4.78, 5) is 10.5. The van der Waals surface area contributed by atoms with Crippen LogP contribution in [0.2, 0.25) is 0 Å². The zero-order valence-electron chi connectivity index (χ0n) is 6.65. The van der Waals surface area contributed by atoms with Gasteiger partial charge in [0.25, 0.3) is 0 Å². The van der Waals surface area contributed by atoms with E-state index in [-0.39, 0.29) is 5.69 Å². The van der Waals surface area contributed by atoms with Crippen LogP contribution in [-0.2, 0) is 4.79 Å². The van der Waals surface area contributed by atoms with Crippen molar-refractivity contribution in [2.24, 2.45) is 0 Å². The van der Waals surface area contributed by atoms with Gasteiger partial charge in [-0.05, 0) is 24.3 Å². The standard InChI is InChI=1S/C8H4BrF3NO/c9-5-2-1-3-6(4-5)13-7(14)8(10,11)12/h2-4H,(H,13,14). The van der Waals surface area contributed by atoms with Crippen LogP contribution >= 0.6 is 15.9 Å². The van der Waals surface area contributed by atoms with Gasteiger partial charge in [-0.3, -0.25) is 4.79 Å². The number of alkyl halides is 3. The minimum Gasteiger partial charge on any atom is -0.318 e. The largest absolute Gasteiger partial charge is 0.471 e.